The number of rotatable bonds is 3. The van der Waals surface area contributed by atoms with Crippen LogP contribution < -0.4 is 58.2 Å². The van der Waals surface area contributed by atoms with Crippen LogP contribution in [0.5, 0.6) is 0 Å². The van der Waals surface area contributed by atoms with Crippen molar-refractivity contribution in [3.63, 3.8) is 0 Å². The summed E-state index contributed by atoms with van der Waals surface area (Å²) >= 11 is 0. The predicted octanol–water partition coefficient (Wildman–Crippen LogP) is -2.36. The Morgan fingerprint density at radius 2 is 2.44 bits per heavy atom. The Hall–Kier alpha value is 0.225. The molecule has 1 aliphatic heterocycles. The minimum atomic E-state index is -0.628. The number of ether oxygens (including phenoxy) is 2. The average molecular weight is 293 g/mol. The summed E-state index contributed by atoms with van der Waals surface area (Å²) in [5, 5.41) is 0. The zero-order chi connectivity index (χ0) is 10.8. The fraction of sp³-hybridized carbons (Fsp3) is 0.455. The molecule has 1 aliphatic carbocycles. The van der Waals surface area contributed by atoms with Gasteiger partial charge >= 0.3 is 64.2 Å². The zero-order valence-corrected chi connectivity index (χ0v) is 14.1. The fourth-order valence-electron chi connectivity index (χ4n) is 1.97. The Bertz CT molecular complexity index is 337. The minimum absolute atomic E-state index is 0. The van der Waals surface area contributed by atoms with Gasteiger partial charge in [-0.25, -0.2) is 0 Å². The molecule has 5 heteroatoms. The Morgan fingerprint density at radius 3 is 3.12 bits per heavy atom. The fourth-order valence-corrected chi connectivity index (χ4v) is 1.97. The van der Waals surface area contributed by atoms with Crippen molar-refractivity contribution in [2.45, 2.75) is 12.5 Å². The molecule has 0 amide bonds. The first kappa shape index (κ1) is 14.3. The van der Waals surface area contributed by atoms with E-state index in [1.165, 1.54) is 0 Å². The first-order valence-electron chi connectivity index (χ1n) is 4.79. The molecule has 1 fully saturated rings. The van der Waals surface area contributed by atoms with Gasteiger partial charge in [0, 0.05) is 5.92 Å². The molecular formula is C11H11O4Rb. The molecule has 2 rings (SSSR count). The predicted molar refractivity (Wildman–Crippen MR) is 50.4 cm³/mol. The summed E-state index contributed by atoms with van der Waals surface area (Å²) in [4.78, 5) is 22.2. The standard InChI is InChI=1S/C11H11O4.Rb/c1-2-10(12)14-6-8-7-4-3-5-9(7)15-11(8)13;/h3,5,7-9H,1,4,6H2;/q-1;+1/t7-,8+,9-;/m1./s1. The van der Waals surface area contributed by atoms with Crippen molar-refractivity contribution in [1.29, 1.82) is 0 Å². The molecule has 0 aromatic heterocycles. The maximum atomic E-state index is 11.4. The van der Waals surface area contributed by atoms with E-state index in [1.807, 2.05) is 12.2 Å². The second kappa shape index (κ2) is 6.24. The molecule has 3 atom stereocenters. The van der Waals surface area contributed by atoms with Crippen LogP contribution in [-0.2, 0) is 19.1 Å². The van der Waals surface area contributed by atoms with Gasteiger partial charge in [0.05, 0.1) is 5.92 Å². The molecule has 0 saturated carbocycles. The Morgan fingerprint density at radius 1 is 1.69 bits per heavy atom. The van der Waals surface area contributed by atoms with Crippen molar-refractivity contribution in [3.05, 3.63) is 24.8 Å². The maximum Gasteiger partial charge on any atom is 1.00 e. The number of esters is 2. The van der Waals surface area contributed by atoms with Gasteiger partial charge in [0.1, 0.15) is 18.7 Å². The van der Waals surface area contributed by atoms with Gasteiger partial charge < -0.3 is 15.5 Å². The molecule has 0 bridgehead atoms. The summed E-state index contributed by atoms with van der Waals surface area (Å²) in [6, 6.07) is 0. The normalized spacial score (nSPS) is 30.2. The van der Waals surface area contributed by atoms with Gasteiger partial charge in [-0.15, -0.1) is 0 Å². The summed E-state index contributed by atoms with van der Waals surface area (Å²) in [5.41, 5.74) is 0. The largest absolute Gasteiger partial charge is 1.00 e. The van der Waals surface area contributed by atoms with Crippen LogP contribution in [0.4, 0.5) is 0 Å². The van der Waals surface area contributed by atoms with Crippen molar-refractivity contribution in [2.24, 2.45) is 11.8 Å². The van der Waals surface area contributed by atoms with Crippen LogP contribution in [-0.4, -0.2) is 24.6 Å². The number of carbonyl (C=O) groups excluding carboxylic acids is 2. The molecule has 0 unspecified atom stereocenters. The van der Waals surface area contributed by atoms with Crippen LogP contribution >= 0.6 is 0 Å². The Labute approximate surface area is 143 Å². The summed E-state index contributed by atoms with van der Waals surface area (Å²) in [5.74, 6) is -1.14. The molecule has 80 valence electrons. The number of hydrogen-bond donors (Lipinski definition) is 0. The van der Waals surface area contributed by atoms with Crippen LogP contribution in [0.1, 0.15) is 6.42 Å². The third-order valence-corrected chi connectivity index (χ3v) is 2.77. The van der Waals surface area contributed by atoms with Gasteiger partial charge in [0.15, 0.2) is 0 Å². The van der Waals surface area contributed by atoms with Gasteiger partial charge in [-0.2, -0.15) is 0 Å². The molecule has 2 aliphatic rings. The smallest absolute Gasteiger partial charge is 0.489 e. The summed E-state index contributed by atoms with van der Waals surface area (Å²) in [6.45, 7) is 3.22. The molecule has 16 heavy (non-hydrogen) atoms. The van der Waals surface area contributed by atoms with E-state index in [9.17, 15) is 9.59 Å². The van der Waals surface area contributed by atoms with Crippen molar-refractivity contribution in [3.8, 4) is 0 Å². The molecule has 0 aromatic rings. The summed E-state index contributed by atoms with van der Waals surface area (Å²) < 4.78 is 9.92. The molecule has 1 saturated heterocycles. The van der Waals surface area contributed by atoms with Gasteiger partial charge in [-0.1, -0.05) is 6.08 Å². The van der Waals surface area contributed by atoms with E-state index in [0.717, 1.165) is 6.42 Å². The second-order valence-electron chi connectivity index (χ2n) is 3.61. The van der Waals surface area contributed by atoms with Crippen molar-refractivity contribution >= 4 is 11.9 Å². The van der Waals surface area contributed by atoms with E-state index < -0.39 is 5.97 Å². The monoisotopic (exact) mass is 292 g/mol. The second-order valence-corrected chi connectivity index (χ2v) is 3.61. The number of fused-ring (bicyclic) bond motifs is 1. The van der Waals surface area contributed by atoms with Crippen LogP contribution in [0.25, 0.3) is 0 Å². The van der Waals surface area contributed by atoms with Gasteiger partial charge in [-0.3, -0.25) is 16.2 Å². The van der Waals surface area contributed by atoms with Gasteiger partial charge in [0.25, 0.3) is 0 Å². The van der Waals surface area contributed by atoms with Gasteiger partial charge in [-0.05, 0) is 12.5 Å². The molecule has 0 radical (unpaired) electrons. The van der Waals surface area contributed by atoms with Crippen molar-refractivity contribution < 1.29 is 77.3 Å². The van der Waals surface area contributed by atoms with E-state index in [-0.39, 0.29) is 88.7 Å². The van der Waals surface area contributed by atoms with Crippen molar-refractivity contribution in [2.75, 3.05) is 6.61 Å². The van der Waals surface area contributed by atoms with Crippen LogP contribution in [0, 0.1) is 17.9 Å². The van der Waals surface area contributed by atoms with E-state index in [2.05, 4.69) is 12.7 Å². The van der Waals surface area contributed by atoms with E-state index in [1.54, 1.807) is 0 Å². The molecular weight excluding hydrogens is 282 g/mol. The Balaban J connectivity index is 0.00000128. The number of carbonyl (C=O) groups is 2. The van der Waals surface area contributed by atoms with Gasteiger partial charge in [0.2, 0.25) is 0 Å². The third-order valence-electron chi connectivity index (χ3n) is 2.77. The molecule has 4 nitrogen and oxygen atoms in total. The van der Waals surface area contributed by atoms with Crippen LogP contribution in [0.2, 0.25) is 0 Å². The zero-order valence-electron chi connectivity index (χ0n) is 9.14. The maximum absolute atomic E-state index is 11.4. The molecule has 0 N–H and O–H groups in total. The first-order valence-corrected chi connectivity index (χ1v) is 4.79. The average Bonchev–Trinajstić information content (AvgIpc) is 2.75. The van der Waals surface area contributed by atoms with E-state index in [0.29, 0.717) is 0 Å². The number of hydrogen-bond acceptors (Lipinski definition) is 4. The number of allylic oxidation sites excluding steroid dienone is 1. The molecule has 0 spiro atoms. The first-order chi connectivity index (χ1) is 7.22. The summed E-state index contributed by atoms with van der Waals surface area (Å²) in [7, 11) is 0. The quantitative estimate of drug-likeness (QED) is 0.253. The third kappa shape index (κ3) is 2.91. The molecule has 1 heterocycles. The van der Waals surface area contributed by atoms with E-state index >= 15 is 0 Å². The Kier molecular flexibility index (Phi) is 5.57. The van der Waals surface area contributed by atoms with Crippen molar-refractivity contribution in [1.82, 2.24) is 0 Å². The van der Waals surface area contributed by atoms with Crippen LogP contribution in [0.3, 0.4) is 0 Å². The molecule has 0 aromatic carbocycles. The van der Waals surface area contributed by atoms with Crippen LogP contribution in [0.15, 0.2) is 18.7 Å². The topological polar surface area (TPSA) is 52.6 Å². The SMILES string of the molecule is C=[C-]C(=O)OC[C@@H]1C(=O)O[C@@H]2C=CC[C@H]12.[Rb+]. The van der Waals surface area contributed by atoms with E-state index in [4.69, 9.17) is 9.47 Å². The summed E-state index contributed by atoms with van der Waals surface area (Å²) in [6.07, 6.45) is 6.62. The minimum Gasteiger partial charge on any atom is -0.489 e.